The summed E-state index contributed by atoms with van der Waals surface area (Å²) in [5.74, 6) is 0. The predicted molar refractivity (Wildman–Crippen MR) is 34.4 cm³/mol. The van der Waals surface area contributed by atoms with E-state index in [2.05, 4.69) is 6.58 Å². The Hall–Kier alpha value is 0.134. The maximum Gasteiger partial charge on any atom is 0.173 e. The second kappa shape index (κ2) is 3.33. The van der Waals surface area contributed by atoms with Gasteiger partial charge in [0.25, 0.3) is 0 Å². The molecule has 1 nitrogen and oxygen atoms in total. The topological polar surface area (TPSA) is 9.23 Å². The Labute approximate surface area is 43.9 Å². The summed E-state index contributed by atoms with van der Waals surface area (Å²) >= 11 is 0. The summed E-state index contributed by atoms with van der Waals surface area (Å²) < 4.78 is 4.98. The minimum Gasteiger partial charge on any atom is -0.465 e. The van der Waals surface area contributed by atoms with Crippen LogP contribution >= 0.6 is 0 Å². The van der Waals surface area contributed by atoms with Crippen molar-refractivity contribution in [3.8, 4) is 0 Å². The number of hydrogen-bond donors (Lipinski definition) is 0. The Kier molecular flexibility index (Phi) is 3.40. The van der Waals surface area contributed by atoms with E-state index in [0.29, 0.717) is 0 Å². The van der Waals surface area contributed by atoms with Crippen molar-refractivity contribution in [1.29, 1.82) is 0 Å². The van der Waals surface area contributed by atoms with Crippen LogP contribution in [0.4, 0.5) is 0 Å². The zero-order valence-electron chi connectivity index (χ0n) is 4.32. The SMILES string of the molecule is C=C(C)[SiH2]O[SiH3]. The second-order valence-corrected chi connectivity index (χ2v) is 5.20. The average Bonchev–Trinajstić information content (AvgIpc) is 1.35. The smallest absolute Gasteiger partial charge is 0.173 e. The summed E-state index contributed by atoms with van der Waals surface area (Å²) in [7, 11) is 0.612. The fourth-order valence-electron chi connectivity index (χ4n) is 0.246. The fourth-order valence-corrected chi connectivity index (χ4v) is 2.22. The van der Waals surface area contributed by atoms with Crippen LogP contribution in [-0.4, -0.2) is 20.2 Å². The van der Waals surface area contributed by atoms with Crippen LogP contribution in [0.2, 0.25) is 0 Å². The van der Waals surface area contributed by atoms with Gasteiger partial charge in [-0.3, -0.25) is 0 Å². The summed E-state index contributed by atoms with van der Waals surface area (Å²) in [4.78, 5) is 0. The summed E-state index contributed by atoms with van der Waals surface area (Å²) in [5.41, 5.74) is 0. The molecule has 0 aliphatic carbocycles. The Balaban J connectivity index is 2.83. The van der Waals surface area contributed by atoms with Gasteiger partial charge in [0.15, 0.2) is 9.76 Å². The van der Waals surface area contributed by atoms with E-state index in [0.717, 1.165) is 10.5 Å². The fraction of sp³-hybridized carbons (Fsp3) is 0.333. The van der Waals surface area contributed by atoms with Crippen LogP contribution in [0, 0.1) is 0 Å². The minimum atomic E-state index is -0.276. The summed E-state index contributed by atoms with van der Waals surface area (Å²) in [6.45, 7) is 5.72. The van der Waals surface area contributed by atoms with Crippen LogP contribution in [0.3, 0.4) is 0 Å². The molecule has 0 bridgehead atoms. The molecule has 0 rings (SSSR count). The molecular weight excluding hydrogens is 108 g/mol. The molecule has 6 heavy (non-hydrogen) atoms. The van der Waals surface area contributed by atoms with E-state index in [-0.39, 0.29) is 9.76 Å². The van der Waals surface area contributed by atoms with Crippen LogP contribution in [0.5, 0.6) is 0 Å². The lowest BCUT2D eigenvalue weighted by Gasteiger charge is -1.89. The highest BCUT2D eigenvalue weighted by Crippen LogP contribution is 1.78. The molecule has 0 spiro atoms. The van der Waals surface area contributed by atoms with Crippen molar-refractivity contribution in [3.05, 3.63) is 11.8 Å². The van der Waals surface area contributed by atoms with Crippen LogP contribution in [0.1, 0.15) is 6.92 Å². The standard InChI is InChI=1S/C3H10OSi2/c1-3(2)6-4-5/h1,6H2,2,5H3. The highest BCUT2D eigenvalue weighted by molar-refractivity contribution is 6.42. The van der Waals surface area contributed by atoms with Crippen LogP contribution in [-0.2, 0) is 4.12 Å². The molecule has 0 aromatic rings. The lowest BCUT2D eigenvalue weighted by atomic mass is 10.8. The van der Waals surface area contributed by atoms with Gasteiger partial charge in [-0.25, -0.2) is 0 Å². The maximum atomic E-state index is 4.98. The molecule has 0 atom stereocenters. The number of hydrogen-bond acceptors (Lipinski definition) is 1. The molecular formula is C3H10OSi2. The summed E-state index contributed by atoms with van der Waals surface area (Å²) in [5, 5.41) is 1.24. The van der Waals surface area contributed by atoms with Crippen LogP contribution < -0.4 is 0 Å². The van der Waals surface area contributed by atoms with Gasteiger partial charge in [-0.15, -0.1) is 6.58 Å². The molecule has 0 fully saturated rings. The van der Waals surface area contributed by atoms with Crippen LogP contribution in [0.15, 0.2) is 11.8 Å². The van der Waals surface area contributed by atoms with Crippen molar-refractivity contribution in [2.75, 3.05) is 0 Å². The first-order valence-electron chi connectivity index (χ1n) is 1.90. The molecule has 0 heterocycles. The van der Waals surface area contributed by atoms with E-state index in [1.165, 1.54) is 5.20 Å². The third-order valence-electron chi connectivity index (χ3n) is 0.391. The van der Waals surface area contributed by atoms with Gasteiger partial charge in [0.05, 0.1) is 0 Å². The Morgan fingerprint density at radius 3 is 2.50 bits per heavy atom. The molecule has 0 amide bonds. The van der Waals surface area contributed by atoms with Gasteiger partial charge in [-0.05, 0) is 6.92 Å². The predicted octanol–water partition coefficient (Wildman–Crippen LogP) is -1.10. The number of allylic oxidation sites excluding steroid dienone is 1. The van der Waals surface area contributed by atoms with Gasteiger partial charge in [0.1, 0.15) is 10.5 Å². The van der Waals surface area contributed by atoms with Crippen molar-refractivity contribution < 1.29 is 4.12 Å². The molecule has 0 aliphatic rings. The van der Waals surface area contributed by atoms with Gasteiger partial charge >= 0.3 is 0 Å². The van der Waals surface area contributed by atoms with Crippen LogP contribution in [0.25, 0.3) is 0 Å². The molecule has 0 saturated carbocycles. The monoisotopic (exact) mass is 118 g/mol. The van der Waals surface area contributed by atoms with Crippen molar-refractivity contribution in [2.24, 2.45) is 0 Å². The summed E-state index contributed by atoms with van der Waals surface area (Å²) in [6, 6.07) is 0. The first kappa shape index (κ1) is 6.13. The van der Waals surface area contributed by atoms with Crippen molar-refractivity contribution in [3.63, 3.8) is 0 Å². The minimum absolute atomic E-state index is 0.276. The van der Waals surface area contributed by atoms with Crippen molar-refractivity contribution in [2.45, 2.75) is 6.92 Å². The Morgan fingerprint density at radius 2 is 2.50 bits per heavy atom. The normalized spacial score (nSPS) is 10.8. The van der Waals surface area contributed by atoms with Gasteiger partial charge in [-0.1, -0.05) is 5.20 Å². The molecule has 0 saturated heterocycles. The van der Waals surface area contributed by atoms with E-state index >= 15 is 0 Å². The quantitative estimate of drug-likeness (QED) is 0.418. The van der Waals surface area contributed by atoms with E-state index in [4.69, 9.17) is 4.12 Å². The first-order valence-corrected chi connectivity index (χ1v) is 4.00. The van der Waals surface area contributed by atoms with E-state index in [9.17, 15) is 0 Å². The second-order valence-electron chi connectivity index (χ2n) is 1.39. The molecule has 3 heteroatoms. The number of rotatable bonds is 2. The van der Waals surface area contributed by atoms with E-state index in [1.54, 1.807) is 0 Å². The third kappa shape index (κ3) is 4.13. The lowest BCUT2D eigenvalue weighted by molar-refractivity contribution is 0.672. The van der Waals surface area contributed by atoms with Gasteiger partial charge in [0.2, 0.25) is 0 Å². The molecule has 0 aliphatic heterocycles. The van der Waals surface area contributed by atoms with E-state index in [1.807, 2.05) is 6.92 Å². The average molecular weight is 118 g/mol. The Morgan fingerprint density at radius 1 is 2.00 bits per heavy atom. The molecule has 0 N–H and O–H groups in total. The van der Waals surface area contributed by atoms with Crippen molar-refractivity contribution >= 4 is 20.2 Å². The molecule has 0 aromatic heterocycles. The molecule has 36 valence electrons. The lowest BCUT2D eigenvalue weighted by Crippen LogP contribution is -1.93. The highest BCUT2D eigenvalue weighted by atomic mass is 28.3. The summed E-state index contributed by atoms with van der Waals surface area (Å²) in [6.07, 6.45) is 0. The van der Waals surface area contributed by atoms with Gasteiger partial charge in [-0.2, -0.15) is 0 Å². The highest BCUT2D eigenvalue weighted by Gasteiger charge is 1.77. The molecule has 0 aromatic carbocycles. The van der Waals surface area contributed by atoms with Gasteiger partial charge in [0, 0.05) is 0 Å². The van der Waals surface area contributed by atoms with Crippen molar-refractivity contribution in [1.82, 2.24) is 0 Å². The van der Waals surface area contributed by atoms with E-state index < -0.39 is 0 Å². The zero-order valence-corrected chi connectivity index (χ0v) is 7.74. The maximum absolute atomic E-state index is 4.98. The zero-order chi connectivity index (χ0) is 4.99. The third-order valence-corrected chi connectivity index (χ3v) is 2.04. The van der Waals surface area contributed by atoms with Gasteiger partial charge < -0.3 is 4.12 Å². The molecule has 0 radical (unpaired) electrons. The largest absolute Gasteiger partial charge is 0.465 e. The molecule has 0 unspecified atom stereocenters. The first-order chi connectivity index (χ1) is 2.77. The Bertz CT molecular complexity index is 52.8.